The number of anilines is 1. The van der Waals surface area contributed by atoms with Crippen LogP contribution in [0.5, 0.6) is 0 Å². The van der Waals surface area contributed by atoms with Crippen molar-refractivity contribution in [3.63, 3.8) is 0 Å². The van der Waals surface area contributed by atoms with Crippen LogP contribution in [0.2, 0.25) is 0 Å². The molecule has 1 amide bonds. The van der Waals surface area contributed by atoms with Gasteiger partial charge >= 0.3 is 0 Å². The first kappa shape index (κ1) is 18.0. The van der Waals surface area contributed by atoms with E-state index in [1.807, 2.05) is 6.07 Å². The van der Waals surface area contributed by atoms with E-state index in [4.69, 9.17) is 0 Å². The van der Waals surface area contributed by atoms with Gasteiger partial charge in [0.15, 0.2) is 9.84 Å². The molecule has 0 spiro atoms. The Hall–Kier alpha value is -1.36. The number of amides is 1. The van der Waals surface area contributed by atoms with Gasteiger partial charge in [0.2, 0.25) is 5.91 Å². The van der Waals surface area contributed by atoms with Gasteiger partial charge in [-0.3, -0.25) is 4.79 Å². The second-order valence-electron chi connectivity index (χ2n) is 7.83. The van der Waals surface area contributed by atoms with Crippen molar-refractivity contribution in [3.8, 4) is 0 Å². The van der Waals surface area contributed by atoms with E-state index >= 15 is 0 Å². The predicted molar refractivity (Wildman–Crippen MR) is 93.9 cm³/mol. The lowest BCUT2D eigenvalue weighted by molar-refractivity contribution is -0.122. The number of sulfone groups is 1. The minimum absolute atomic E-state index is 0.00516. The van der Waals surface area contributed by atoms with Crippen molar-refractivity contribution in [2.45, 2.75) is 45.8 Å². The van der Waals surface area contributed by atoms with E-state index in [2.05, 4.69) is 26.1 Å². The molecule has 1 fully saturated rings. The Morgan fingerprint density at radius 3 is 2.52 bits per heavy atom. The fourth-order valence-electron chi connectivity index (χ4n) is 3.83. The van der Waals surface area contributed by atoms with Gasteiger partial charge in [0.25, 0.3) is 0 Å². The fourth-order valence-corrected chi connectivity index (χ4v) is 4.65. The molecule has 2 atom stereocenters. The van der Waals surface area contributed by atoms with Crippen LogP contribution >= 0.6 is 0 Å². The van der Waals surface area contributed by atoms with Gasteiger partial charge in [0.1, 0.15) is 0 Å². The van der Waals surface area contributed by atoms with Crippen molar-refractivity contribution < 1.29 is 13.2 Å². The Labute approximate surface area is 139 Å². The molecule has 0 aliphatic heterocycles. The highest BCUT2D eigenvalue weighted by Crippen LogP contribution is 2.42. The highest BCUT2D eigenvalue weighted by atomic mass is 32.2. The molecule has 5 heteroatoms. The molecule has 23 heavy (non-hydrogen) atoms. The van der Waals surface area contributed by atoms with Gasteiger partial charge in [-0.05, 0) is 42.2 Å². The average Bonchev–Trinajstić information content (AvgIpc) is 2.37. The molecule has 1 aliphatic rings. The van der Waals surface area contributed by atoms with Crippen LogP contribution in [0.25, 0.3) is 0 Å². The number of para-hydroxylation sites is 1. The first-order valence-electron chi connectivity index (χ1n) is 8.12. The Balaban J connectivity index is 2.14. The van der Waals surface area contributed by atoms with E-state index < -0.39 is 9.84 Å². The van der Waals surface area contributed by atoms with Crippen LogP contribution in [0.15, 0.2) is 24.3 Å². The van der Waals surface area contributed by atoms with E-state index in [0.717, 1.165) is 19.3 Å². The monoisotopic (exact) mass is 337 g/mol. The molecule has 0 unspecified atom stereocenters. The normalized spacial score (nSPS) is 24.2. The summed E-state index contributed by atoms with van der Waals surface area (Å²) in [6.07, 6.45) is 4.11. The summed E-state index contributed by atoms with van der Waals surface area (Å²) < 4.78 is 23.1. The molecular formula is C18H27NO3S. The molecular weight excluding hydrogens is 310 g/mol. The molecule has 0 aromatic heterocycles. The van der Waals surface area contributed by atoms with Crippen molar-refractivity contribution in [2.75, 3.05) is 11.6 Å². The number of carbonyl (C=O) groups excluding carboxylic acids is 1. The average molecular weight is 337 g/mol. The zero-order valence-corrected chi connectivity index (χ0v) is 15.2. The lowest BCUT2D eigenvalue weighted by atomic mass is 9.68. The molecule has 0 radical (unpaired) electrons. The highest BCUT2D eigenvalue weighted by molar-refractivity contribution is 7.89. The number of nitrogens with one attached hydrogen (secondary N) is 1. The fraction of sp³-hybridized carbons (Fsp3) is 0.611. The quantitative estimate of drug-likeness (QED) is 0.912. The van der Waals surface area contributed by atoms with E-state index in [1.54, 1.807) is 18.2 Å². The standard InChI is InChI=1S/C18H27NO3S/c1-13-9-15(11-18(2,3)10-13)17(20)19-16-8-6-5-7-14(16)12-23(4,21)22/h5-8,13,15H,9-12H2,1-4H3,(H,19,20)/t13-,15+/m0/s1. The largest absolute Gasteiger partial charge is 0.326 e. The van der Waals surface area contributed by atoms with Crippen LogP contribution in [0.4, 0.5) is 5.69 Å². The SMILES string of the molecule is C[C@H]1C[C@@H](C(=O)Nc2ccccc2CS(C)(=O)=O)CC(C)(C)C1. The van der Waals surface area contributed by atoms with E-state index in [9.17, 15) is 13.2 Å². The Morgan fingerprint density at radius 1 is 1.26 bits per heavy atom. The van der Waals surface area contributed by atoms with Crippen LogP contribution in [-0.2, 0) is 20.4 Å². The topological polar surface area (TPSA) is 63.2 Å². The smallest absolute Gasteiger partial charge is 0.227 e. The number of benzene rings is 1. The lowest BCUT2D eigenvalue weighted by Crippen LogP contribution is -2.35. The van der Waals surface area contributed by atoms with Crippen molar-refractivity contribution in [2.24, 2.45) is 17.3 Å². The maximum atomic E-state index is 12.7. The molecule has 1 aromatic carbocycles. The summed E-state index contributed by atoms with van der Waals surface area (Å²) in [6.45, 7) is 6.61. The second kappa shape index (κ2) is 6.63. The van der Waals surface area contributed by atoms with Crippen LogP contribution in [0, 0.1) is 17.3 Å². The van der Waals surface area contributed by atoms with Crippen LogP contribution in [-0.4, -0.2) is 20.6 Å². The summed E-state index contributed by atoms with van der Waals surface area (Å²) in [5.74, 6) is 0.460. The van der Waals surface area contributed by atoms with Gasteiger partial charge in [0.05, 0.1) is 5.75 Å². The number of hydrogen-bond donors (Lipinski definition) is 1. The Morgan fingerprint density at radius 2 is 1.91 bits per heavy atom. The minimum Gasteiger partial charge on any atom is -0.326 e. The van der Waals surface area contributed by atoms with Crippen molar-refractivity contribution in [3.05, 3.63) is 29.8 Å². The first-order chi connectivity index (χ1) is 10.6. The van der Waals surface area contributed by atoms with Gasteiger partial charge in [-0.15, -0.1) is 0 Å². The molecule has 1 aromatic rings. The van der Waals surface area contributed by atoms with Crippen molar-refractivity contribution >= 4 is 21.4 Å². The molecule has 2 rings (SSSR count). The summed E-state index contributed by atoms with van der Waals surface area (Å²) in [4.78, 5) is 12.7. The third-order valence-electron chi connectivity index (χ3n) is 4.45. The van der Waals surface area contributed by atoms with E-state index in [1.165, 1.54) is 6.26 Å². The Bertz CT molecular complexity index is 679. The molecule has 128 valence electrons. The van der Waals surface area contributed by atoms with Crippen LogP contribution in [0.3, 0.4) is 0 Å². The lowest BCUT2D eigenvalue weighted by Gasteiger charge is -2.38. The van der Waals surface area contributed by atoms with Crippen LogP contribution < -0.4 is 5.32 Å². The third-order valence-corrected chi connectivity index (χ3v) is 5.29. The Kier molecular flexibility index (Phi) is 5.19. The van der Waals surface area contributed by atoms with Crippen LogP contribution in [0.1, 0.15) is 45.6 Å². The first-order valence-corrected chi connectivity index (χ1v) is 10.2. The maximum absolute atomic E-state index is 12.7. The van der Waals surface area contributed by atoms with Gasteiger partial charge in [-0.2, -0.15) is 0 Å². The van der Waals surface area contributed by atoms with Gasteiger partial charge in [-0.25, -0.2) is 8.42 Å². The van der Waals surface area contributed by atoms with E-state index in [-0.39, 0.29) is 23.0 Å². The summed E-state index contributed by atoms with van der Waals surface area (Å²) in [7, 11) is -3.14. The van der Waals surface area contributed by atoms with Gasteiger partial charge in [-0.1, -0.05) is 39.0 Å². The van der Waals surface area contributed by atoms with Gasteiger partial charge in [0, 0.05) is 17.9 Å². The summed E-state index contributed by atoms with van der Waals surface area (Å²) in [6, 6.07) is 7.14. The number of rotatable bonds is 4. The summed E-state index contributed by atoms with van der Waals surface area (Å²) >= 11 is 0. The molecule has 1 N–H and O–H groups in total. The van der Waals surface area contributed by atoms with Crippen molar-refractivity contribution in [1.82, 2.24) is 0 Å². The zero-order valence-electron chi connectivity index (χ0n) is 14.4. The number of hydrogen-bond acceptors (Lipinski definition) is 3. The molecule has 1 saturated carbocycles. The molecule has 0 saturated heterocycles. The maximum Gasteiger partial charge on any atom is 0.227 e. The number of carbonyl (C=O) groups is 1. The highest BCUT2D eigenvalue weighted by Gasteiger charge is 2.35. The minimum atomic E-state index is -3.14. The third kappa shape index (κ3) is 5.34. The van der Waals surface area contributed by atoms with Gasteiger partial charge < -0.3 is 5.32 Å². The molecule has 1 aliphatic carbocycles. The molecule has 0 bridgehead atoms. The van der Waals surface area contributed by atoms with Crippen molar-refractivity contribution in [1.29, 1.82) is 0 Å². The second-order valence-corrected chi connectivity index (χ2v) is 9.97. The zero-order chi connectivity index (χ0) is 17.3. The molecule has 4 nitrogen and oxygen atoms in total. The summed E-state index contributed by atoms with van der Waals surface area (Å²) in [5, 5.41) is 2.96. The van der Waals surface area contributed by atoms with E-state index in [0.29, 0.717) is 17.2 Å². The molecule has 0 heterocycles. The summed E-state index contributed by atoms with van der Waals surface area (Å²) in [5.41, 5.74) is 1.43. The predicted octanol–water partition coefficient (Wildman–Crippen LogP) is 3.63.